The fraction of sp³-hybridized carbons (Fsp3) is 0.0588. The highest BCUT2D eigenvalue weighted by molar-refractivity contribution is 7.20. The summed E-state index contributed by atoms with van der Waals surface area (Å²) in [6.07, 6.45) is 1.40. The second-order valence-electron chi connectivity index (χ2n) is 5.27. The third-order valence-corrected chi connectivity index (χ3v) is 4.33. The van der Waals surface area contributed by atoms with Gasteiger partial charge in [-0.3, -0.25) is 9.59 Å². The van der Waals surface area contributed by atoms with E-state index < -0.39 is 11.8 Å². The topological polar surface area (TPSA) is 139 Å². The first-order valence-corrected chi connectivity index (χ1v) is 8.46. The summed E-state index contributed by atoms with van der Waals surface area (Å²) in [5.41, 5.74) is 6.23. The summed E-state index contributed by atoms with van der Waals surface area (Å²) in [5.74, 6) is -0.684. The number of hydrogen-bond donors (Lipinski definition) is 4. The minimum atomic E-state index is -0.770. The van der Waals surface area contributed by atoms with Crippen molar-refractivity contribution in [1.29, 1.82) is 0 Å². The number of benzene rings is 1. The Morgan fingerprint density at radius 3 is 2.52 bits per heavy atom. The van der Waals surface area contributed by atoms with Crippen molar-refractivity contribution >= 4 is 39.0 Å². The molecule has 3 rings (SSSR count). The SMILES string of the molecule is COc1ccc(C(=O)Nc2sc(Nc3ccc(O)nc3)nc2C(N)=O)cc1. The van der Waals surface area contributed by atoms with Crippen molar-refractivity contribution in [3.05, 3.63) is 53.9 Å². The van der Waals surface area contributed by atoms with Gasteiger partial charge in [-0.15, -0.1) is 0 Å². The lowest BCUT2D eigenvalue weighted by molar-refractivity contribution is 0.0997. The first-order chi connectivity index (χ1) is 13.0. The van der Waals surface area contributed by atoms with Crippen LogP contribution in [0, 0.1) is 0 Å². The molecule has 3 aromatic rings. The summed E-state index contributed by atoms with van der Waals surface area (Å²) >= 11 is 1.05. The number of rotatable bonds is 6. The number of ether oxygens (including phenoxy) is 1. The lowest BCUT2D eigenvalue weighted by Crippen LogP contribution is -2.17. The van der Waals surface area contributed by atoms with Crippen LogP contribution in [0.15, 0.2) is 42.6 Å². The smallest absolute Gasteiger partial charge is 0.270 e. The predicted molar refractivity (Wildman–Crippen MR) is 101 cm³/mol. The number of hydrogen-bond acceptors (Lipinski definition) is 8. The Kier molecular flexibility index (Phi) is 5.18. The molecular formula is C17H15N5O4S. The summed E-state index contributed by atoms with van der Waals surface area (Å²) < 4.78 is 5.06. The number of primary amides is 1. The van der Waals surface area contributed by atoms with Crippen LogP contribution in [0.4, 0.5) is 15.8 Å². The first kappa shape index (κ1) is 18.1. The van der Waals surface area contributed by atoms with Gasteiger partial charge in [0.05, 0.1) is 19.0 Å². The third-order valence-electron chi connectivity index (χ3n) is 3.44. The first-order valence-electron chi connectivity index (χ1n) is 7.64. The number of methoxy groups -OCH3 is 1. The normalized spacial score (nSPS) is 10.3. The molecule has 27 heavy (non-hydrogen) atoms. The number of aromatic nitrogens is 2. The Labute approximate surface area is 157 Å². The molecule has 0 radical (unpaired) electrons. The van der Waals surface area contributed by atoms with Gasteiger partial charge in [-0.25, -0.2) is 9.97 Å². The van der Waals surface area contributed by atoms with Crippen LogP contribution in [-0.2, 0) is 0 Å². The standard InChI is InChI=1S/C17H15N5O4S/c1-26-11-5-2-9(3-6-11)15(25)22-16-13(14(18)24)21-17(27-16)20-10-4-7-12(23)19-8-10/h2-8H,1H3,(H2,18,24)(H,19,23)(H,20,21)(H,22,25). The highest BCUT2D eigenvalue weighted by atomic mass is 32.1. The van der Waals surface area contributed by atoms with Gasteiger partial charge in [0, 0.05) is 11.6 Å². The van der Waals surface area contributed by atoms with Crippen molar-refractivity contribution in [3.63, 3.8) is 0 Å². The molecule has 138 valence electrons. The van der Waals surface area contributed by atoms with Gasteiger partial charge in [-0.1, -0.05) is 11.3 Å². The molecule has 0 bridgehead atoms. The van der Waals surface area contributed by atoms with Crippen LogP contribution in [0.5, 0.6) is 11.6 Å². The summed E-state index contributed by atoms with van der Waals surface area (Å²) in [7, 11) is 1.53. The van der Waals surface area contributed by atoms with Crippen molar-refractivity contribution in [1.82, 2.24) is 9.97 Å². The summed E-state index contributed by atoms with van der Waals surface area (Å²) in [5, 5.41) is 15.3. The van der Waals surface area contributed by atoms with E-state index in [1.165, 1.54) is 19.4 Å². The van der Waals surface area contributed by atoms with E-state index in [0.29, 0.717) is 22.1 Å². The van der Waals surface area contributed by atoms with Crippen LogP contribution in [0.2, 0.25) is 0 Å². The molecule has 0 saturated heterocycles. The van der Waals surface area contributed by atoms with Gasteiger partial charge in [0.25, 0.3) is 11.8 Å². The highest BCUT2D eigenvalue weighted by Gasteiger charge is 2.19. The van der Waals surface area contributed by atoms with Crippen LogP contribution in [0.25, 0.3) is 0 Å². The Morgan fingerprint density at radius 2 is 1.93 bits per heavy atom. The van der Waals surface area contributed by atoms with Crippen molar-refractivity contribution < 1.29 is 19.4 Å². The average molecular weight is 385 g/mol. The van der Waals surface area contributed by atoms with E-state index in [2.05, 4.69) is 20.6 Å². The van der Waals surface area contributed by atoms with Gasteiger partial charge in [0.1, 0.15) is 10.8 Å². The van der Waals surface area contributed by atoms with Crippen LogP contribution in [0.1, 0.15) is 20.8 Å². The summed E-state index contributed by atoms with van der Waals surface area (Å²) in [4.78, 5) is 31.9. The van der Waals surface area contributed by atoms with Gasteiger partial charge < -0.3 is 26.2 Å². The zero-order valence-electron chi connectivity index (χ0n) is 14.1. The maximum absolute atomic E-state index is 12.4. The molecule has 2 heterocycles. The number of thiazole rings is 1. The van der Waals surface area contributed by atoms with E-state index >= 15 is 0 Å². The number of pyridine rings is 1. The number of nitrogens with one attached hydrogen (secondary N) is 2. The Bertz CT molecular complexity index is 970. The van der Waals surface area contributed by atoms with E-state index in [1.807, 2.05) is 0 Å². The van der Waals surface area contributed by atoms with Crippen molar-refractivity contribution in [2.45, 2.75) is 0 Å². The molecule has 0 aliphatic rings. The zero-order valence-corrected chi connectivity index (χ0v) is 14.9. The monoisotopic (exact) mass is 385 g/mol. The molecule has 0 spiro atoms. The van der Waals surface area contributed by atoms with E-state index in [1.54, 1.807) is 30.3 Å². The lowest BCUT2D eigenvalue weighted by Gasteiger charge is -2.05. The largest absolute Gasteiger partial charge is 0.497 e. The van der Waals surface area contributed by atoms with Crippen LogP contribution in [0.3, 0.4) is 0 Å². The minimum Gasteiger partial charge on any atom is -0.497 e. The van der Waals surface area contributed by atoms with Gasteiger partial charge in [0.15, 0.2) is 10.8 Å². The molecule has 0 aliphatic heterocycles. The van der Waals surface area contributed by atoms with Crippen molar-refractivity contribution in [2.75, 3.05) is 17.7 Å². The molecule has 0 atom stereocenters. The van der Waals surface area contributed by atoms with Gasteiger partial charge in [0.2, 0.25) is 5.88 Å². The quantitative estimate of drug-likeness (QED) is 0.510. The summed E-state index contributed by atoms with van der Waals surface area (Å²) in [6.45, 7) is 0. The Balaban J connectivity index is 1.81. The fourth-order valence-corrected chi connectivity index (χ4v) is 3.01. The Morgan fingerprint density at radius 1 is 1.19 bits per heavy atom. The maximum atomic E-state index is 12.4. The number of carbonyl (C=O) groups is 2. The third kappa shape index (κ3) is 4.30. The molecule has 2 aromatic heterocycles. The van der Waals surface area contributed by atoms with Crippen LogP contribution < -0.4 is 21.1 Å². The van der Waals surface area contributed by atoms with Crippen LogP contribution in [-0.4, -0.2) is 34.0 Å². The molecule has 9 nitrogen and oxygen atoms in total. The number of amides is 2. The van der Waals surface area contributed by atoms with Crippen molar-refractivity contribution in [2.24, 2.45) is 5.73 Å². The second-order valence-corrected chi connectivity index (χ2v) is 6.27. The predicted octanol–water partition coefficient (Wildman–Crippen LogP) is 2.35. The molecule has 5 N–H and O–H groups in total. The van der Waals surface area contributed by atoms with Gasteiger partial charge in [-0.2, -0.15) is 0 Å². The average Bonchev–Trinajstić information content (AvgIpc) is 3.06. The minimum absolute atomic E-state index is 0.0592. The molecule has 0 aliphatic carbocycles. The van der Waals surface area contributed by atoms with Gasteiger partial charge >= 0.3 is 0 Å². The van der Waals surface area contributed by atoms with Crippen LogP contribution >= 0.6 is 11.3 Å². The lowest BCUT2D eigenvalue weighted by atomic mass is 10.2. The molecule has 0 unspecified atom stereocenters. The zero-order chi connectivity index (χ0) is 19.4. The molecule has 0 saturated carbocycles. The van der Waals surface area contributed by atoms with E-state index in [9.17, 15) is 14.7 Å². The molecular weight excluding hydrogens is 370 g/mol. The maximum Gasteiger partial charge on any atom is 0.270 e. The Hall–Kier alpha value is -3.66. The second kappa shape index (κ2) is 7.70. The van der Waals surface area contributed by atoms with Crippen molar-refractivity contribution in [3.8, 4) is 11.6 Å². The van der Waals surface area contributed by atoms with E-state index in [4.69, 9.17) is 10.5 Å². The molecule has 0 fully saturated rings. The number of aromatic hydroxyl groups is 1. The molecule has 2 amide bonds. The number of nitrogens with zero attached hydrogens (tertiary/aromatic N) is 2. The molecule has 1 aromatic carbocycles. The summed E-state index contributed by atoms with van der Waals surface area (Å²) in [6, 6.07) is 9.49. The number of nitrogens with two attached hydrogens (primary N) is 1. The highest BCUT2D eigenvalue weighted by Crippen LogP contribution is 2.31. The number of carbonyl (C=O) groups excluding carboxylic acids is 2. The molecule has 10 heteroatoms. The van der Waals surface area contributed by atoms with E-state index in [-0.39, 0.29) is 16.6 Å². The van der Waals surface area contributed by atoms with Gasteiger partial charge in [-0.05, 0) is 30.3 Å². The van der Waals surface area contributed by atoms with E-state index in [0.717, 1.165) is 11.3 Å². The number of anilines is 3. The fourth-order valence-electron chi connectivity index (χ4n) is 2.13.